The number of rotatable bonds is 10. The van der Waals surface area contributed by atoms with E-state index in [0.29, 0.717) is 46.4 Å². The topological polar surface area (TPSA) is 139 Å². The first-order valence-corrected chi connectivity index (χ1v) is 21.5. The molecule has 0 radical (unpaired) electrons. The maximum atomic E-state index is 13.2. The van der Waals surface area contributed by atoms with Crippen LogP contribution in [-0.4, -0.2) is 90.2 Å². The Kier molecular flexibility index (Phi) is 14.1. The average molecular weight is 906 g/mol. The standard InChI is InChI=1S/2C24H25ClN4O3/c2*1-15-12-28(14-27-15)20-7-5-18(9-21(20)31-4)10-22-24(30)29(13-16(2)32-22)17(3)19-6-8-23(25)26-11-19/h2*5-12,14,16-17H,13H2,1-4H3/b2*22-10-/t16-,17+;16-,17-/m00/s1. The van der Waals surface area contributed by atoms with Gasteiger partial charge < -0.3 is 37.9 Å². The van der Waals surface area contributed by atoms with Crippen LogP contribution in [0.4, 0.5) is 0 Å². The third-order valence-corrected chi connectivity index (χ3v) is 11.3. The fourth-order valence-corrected chi connectivity index (χ4v) is 7.73. The Bertz CT molecular complexity index is 2500. The molecule has 4 atom stereocenters. The number of imidazole rings is 2. The summed E-state index contributed by atoms with van der Waals surface area (Å²) in [6.07, 6.45) is 14.0. The molecule has 2 aliphatic rings. The highest BCUT2D eigenvalue weighted by Crippen LogP contribution is 2.32. The van der Waals surface area contributed by atoms with E-state index < -0.39 is 0 Å². The molecule has 6 aromatic rings. The van der Waals surface area contributed by atoms with Crippen LogP contribution in [0.5, 0.6) is 11.5 Å². The lowest BCUT2D eigenvalue weighted by molar-refractivity contribution is -0.142. The number of methoxy groups -OCH3 is 2. The van der Waals surface area contributed by atoms with Gasteiger partial charge in [-0.3, -0.25) is 9.59 Å². The normalized spacial score (nSPS) is 18.5. The molecule has 2 aromatic carbocycles. The zero-order valence-electron chi connectivity index (χ0n) is 36.9. The smallest absolute Gasteiger partial charge is 0.289 e. The maximum absolute atomic E-state index is 13.2. The van der Waals surface area contributed by atoms with Crippen molar-refractivity contribution in [3.05, 3.63) is 154 Å². The van der Waals surface area contributed by atoms with Crippen molar-refractivity contribution in [1.82, 2.24) is 38.9 Å². The molecule has 64 heavy (non-hydrogen) atoms. The molecular weight excluding hydrogens is 855 g/mol. The largest absolute Gasteiger partial charge is 0.495 e. The van der Waals surface area contributed by atoms with Crippen molar-refractivity contribution < 1.29 is 28.5 Å². The van der Waals surface area contributed by atoms with Gasteiger partial charge in [-0.1, -0.05) is 47.5 Å². The third-order valence-electron chi connectivity index (χ3n) is 10.9. The Morgan fingerprint density at radius 1 is 0.641 bits per heavy atom. The van der Waals surface area contributed by atoms with Crippen LogP contribution in [0, 0.1) is 13.8 Å². The second-order valence-corrected chi connectivity index (χ2v) is 16.5. The van der Waals surface area contributed by atoms with Gasteiger partial charge in [0.25, 0.3) is 11.8 Å². The Morgan fingerprint density at radius 2 is 1.05 bits per heavy atom. The van der Waals surface area contributed by atoms with E-state index in [-0.39, 0.29) is 36.1 Å². The predicted octanol–water partition coefficient (Wildman–Crippen LogP) is 9.17. The number of aryl methyl sites for hydroxylation is 2. The van der Waals surface area contributed by atoms with Gasteiger partial charge in [-0.2, -0.15) is 0 Å². The Balaban J connectivity index is 0.000000191. The lowest BCUT2D eigenvalue weighted by Gasteiger charge is -2.37. The summed E-state index contributed by atoms with van der Waals surface area (Å²) in [5, 5.41) is 0.845. The van der Waals surface area contributed by atoms with Crippen molar-refractivity contribution in [3.8, 4) is 22.9 Å². The number of halogens is 2. The van der Waals surface area contributed by atoms with Crippen LogP contribution >= 0.6 is 23.2 Å². The summed E-state index contributed by atoms with van der Waals surface area (Å²) < 4.78 is 26.8. The summed E-state index contributed by atoms with van der Waals surface area (Å²) in [5.41, 5.74) is 7.00. The minimum atomic E-state index is -0.168. The molecule has 332 valence electrons. The summed E-state index contributed by atoms with van der Waals surface area (Å²) in [4.78, 5) is 46.9. The second kappa shape index (κ2) is 19.8. The second-order valence-electron chi connectivity index (χ2n) is 15.7. The molecule has 0 bridgehead atoms. The lowest BCUT2D eigenvalue weighted by Crippen LogP contribution is -2.45. The van der Waals surface area contributed by atoms with E-state index in [4.69, 9.17) is 42.1 Å². The van der Waals surface area contributed by atoms with Crippen LogP contribution in [0.2, 0.25) is 10.3 Å². The van der Waals surface area contributed by atoms with Crippen molar-refractivity contribution in [2.24, 2.45) is 0 Å². The van der Waals surface area contributed by atoms with E-state index in [1.807, 2.05) is 112 Å². The number of ether oxygens (including phenoxy) is 4. The van der Waals surface area contributed by atoms with Gasteiger partial charge in [-0.05, 0) is 112 Å². The molecule has 14 nitrogen and oxygen atoms in total. The molecule has 0 N–H and O–H groups in total. The van der Waals surface area contributed by atoms with Crippen molar-refractivity contribution in [2.75, 3.05) is 27.3 Å². The molecular formula is C48H50Cl2N8O6. The fourth-order valence-electron chi connectivity index (χ4n) is 7.50. The van der Waals surface area contributed by atoms with Gasteiger partial charge in [0.15, 0.2) is 11.5 Å². The minimum absolute atomic E-state index is 0.142. The molecule has 8 rings (SSSR count). The number of nitrogens with zero attached hydrogens (tertiary/aromatic N) is 8. The van der Waals surface area contributed by atoms with Gasteiger partial charge in [-0.25, -0.2) is 19.9 Å². The first kappa shape index (κ1) is 45.4. The molecule has 0 unspecified atom stereocenters. The third kappa shape index (κ3) is 10.4. The molecule has 2 aliphatic heterocycles. The number of aromatic nitrogens is 6. The zero-order chi connectivity index (χ0) is 45.7. The highest BCUT2D eigenvalue weighted by atomic mass is 35.5. The molecule has 4 aromatic heterocycles. The quantitative estimate of drug-likeness (QED) is 0.0966. The predicted molar refractivity (Wildman–Crippen MR) is 246 cm³/mol. The van der Waals surface area contributed by atoms with Crippen LogP contribution in [0.25, 0.3) is 23.5 Å². The molecule has 0 spiro atoms. The number of carbonyl (C=O) groups is 2. The van der Waals surface area contributed by atoms with Gasteiger partial charge in [0.2, 0.25) is 0 Å². The van der Waals surface area contributed by atoms with Gasteiger partial charge in [0.1, 0.15) is 34.0 Å². The van der Waals surface area contributed by atoms with E-state index >= 15 is 0 Å². The molecule has 2 saturated heterocycles. The number of amides is 2. The summed E-state index contributed by atoms with van der Waals surface area (Å²) in [6.45, 7) is 12.7. The molecule has 0 saturated carbocycles. The van der Waals surface area contributed by atoms with Gasteiger partial charge in [0.05, 0.1) is 74.8 Å². The zero-order valence-corrected chi connectivity index (χ0v) is 38.4. The first-order chi connectivity index (χ1) is 30.7. The van der Waals surface area contributed by atoms with E-state index in [1.165, 1.54) is 0 Å². The van der Waals surface area contributed by atoms with Crippen LogP contribution in [0.3, 0.4) is 0 Å². The van der Waals surface area contributed by atoms with Gasteiger partial charge in [0, 0.05) is 24.8 Å². The summed E-state index contributed by atoms with van der Waals surface area (Å²) >= 11 is 11.8. The number of pyridine rings is 2. The number of morpholine rings is 2. The summed E-state index contributed by atoms with van der Waals surface area (Å²) in [7, 11) is 3.24. The van der Waals surface area contributed by atoms with Crippen molar-refractivity contribution in [3.63, 3.8) is 0 Å². The fraction of sp³-hybridized carbons (Fsp3) is 0.292. The highest BCUT2D eigenvalue weighted by molar-refractivity contribution is 6.29. The molecule has 2 fully saturated rings. The van der Waals surface area contributed by atoms with E-state index in [0.717, 1.165) is 45.0 Å². The van der Waals surface area contributed by atoms with Gasteiger partial charge in [-0.15, -0.1) is 0 Å². The molecule has 0 aliphatic carbocycles. The summed E-state index contributed by atoms with van der Waals surface area (Å²) in [6, 6.07) is 18.4. The molecule has 16 heteroatoms. The summed E-state index contributed by atoms with van der Waals surface area (Å²) in [5.74, 6) is 1.60. The van der Waals surface area contributed by atoms with E-state index in [9.17, 15) is 9.59 Å². The van der Waals surface area contributed by atoms with Crippen LogP contribution in [-0.2, 0) is 19.1 Å². The number of carbonyl (C=O) groups excluding carboxylic acids is 2. The SMILES string of the molecule is COc1cc(/C=C2\O[C@@H](C)CN([C@@H](C)c3ccc(Cl)nc3)C2=O)ccc1-n1cnc(C)c1.COc1cc(/C=C2\O[C@@H](C)CN([C@H](C)c3ccc(Cl)nc3)C2=O)ccc1-n1cnc(C)c1. The van der Waals surface area contributed by atoms with Crippen LogP contribution in [0.15, 0.2) is 110 Å². The highest BCUT2D eigenvalue weighted by Gasteiger charge is 2.34. The number of hydrogen-bond acceptors (Lipinski definition) is 10. The van der Waals surface area contributed by atoms with Crippen LogP contribution < -0.4 is 9.47 Å². The minimum Gasteiger partial charge on any atom is -0.495 e. The molecule has 6 heterocycles. The van der Waals surface area contributed by atoms with Crippen LogP contribution in [0.1, 0.15) is 73.4 Å². The van der Waals surface area contributed by atoms with Crippen molar-refractivity contribution >= 4 is 47.2 Å². The maximum Gasteiger partial charge on any atom is 0.289 e. The van der Waals surface area contributed by atoms with E-state index in [2.05, 4.69) is 19.9 Å². The number of hydrogen-bond donors (Lipinski definition) is 0. The molecule has 2 amide bonds. The Morgan fingerprint density at radius 3 is 1.38 bits per heavy atom. The average Bonchev–Trinajstić information content (AvgIpc) is 3.93. The van der Waals surface area contributed by atoms with E-state index in [1.54, 1.807) is 73.4 Å². The first-order valence-electron chi connectivity index (χ1n) is 20.7. The lowest BCUT2D eigenvalue weighted by atomic mass is 10.1. The van der Waals surface area contributed by atoms with Gasteiger partial charge >= 0.3 is 0 Å². The van der Waals surface area contributed by atoms with Crippen molar-refractivity contribution in [2.45, 2.75) is 65.8 Å². The Hall–Kier alpha value is -6.64. The number of benzene rings is 2. The monoisotopic (exact) mass is 904 g/mol. The Labute approximate surface area is 382 Å². The van der Waals surface area contributed by atoms with Crippen molar-refractivity contribution in [1.29, 1.82) is 0 Å².